The van der Waals surface area contributed by atoms with Gasteiger partial charge in [-0.15, -0.1) is 0 Å². The summed E-state index contributed by atoms with van der Waals surface area (Å²) in [6, 6.07) is 7.85. The fourth-order valence-electron chi connectivity index (χ4n) is 2.23. The third-order valence-electron chi connectivity index (χ3n) is 3.89. The normalized spacial score (nSPS) is 13.7. The second kappa shape index (κ2) is 12.5. The van der Waals surface area contributed by atoms with E-state index in [1.807, 2.05) is 0 Å². The van der Waals surface area contributed by atoms with Crippen molar-refractivity contribution in [2.24, 2.45) is 5.92 Å². The highest BCUT2D eigenvalue weighted by atomic mass is 16.7. The fourth-order valence-corrected chi connectivity index (χ4v) is 2.23. The quantitative estimate of drug-likeness (QED) is 0.236. The minimum Gasteiger partial charge on any atom is -0.434 e. The Kier molecular flexibility index (Phi) is 10.4. The van der Waals surface area contributed by atoms with Crippen LogP contribution in [0.25, 0.3) is 0 Å². The minimum atomic E-state index is -0.861. The highest BCUT2D eigenvalue weighted by Gasteiger charge is 2.20. The Balaban J connectivity index is 2.19. The van der Waals surface area contributed by atoms with E-state index in [1.54, 1.807) is 51.1 Å². The average molecular weight is 397 g/mol. The molecule has 1 aromatic carbocycles. The second-order valence-electron chi connectivity index (χ2n) is 6.50. The molecule has 9 heteroatoms. The van der Waals surface area contributed by atoms with Gasteiger partial charge in [0.05, 0.1) is 0 Å². The molecular formula is C19H27NO8. The minimum absolute atomic E-state index is 0.00332. The zero-order valence-corrected chi connectivity index (χ0v) is 16.4. The summed E-state index contributed by atoms with van der Waals surface area (Å²) >= 11 is 0. The van der Waals surface area contributed by atoms with Gasteiger partial charge in [-0.1, -0.05) is 32.0 Å². The van der Waals surface area contributed by atoms with Crippen LogP contribution < -0.4 is 4.74 Å². The molecule has 0 aliphatic heterocycles. The lowest BCUT2D eigenvalue weighted by molar-refractivity contribution is -0.524. The van der Waals surface area contributed by atoms with Crippen LogP contribution in [0.1, 0.15) is 40.0 Å². The van der Waals surface area contributed by atoms with Gasteiger partial charge in [0.25, 0.3) is 0 Å². The highest BCUT2D eigenvalue weighted by Crippen LogP contribution is 2.12. The summed E-state index contributed by atoms with van der Waals surface area (Å²) in [5.41, 5.74) is 0. The van der Waals surface area contributed by atoms with Gasteiger partial charge in [0.2, 0.25) is 6.04 Å². The summed E-state index contributed by atoms with van der Waals surface area (Å²) in [5.74, 6) is 0.112. The van der Waals surface area contributed by atoms with Gasteiger partial charge in [0, 0.05) is 23.7 Å². The van der Waals surface area contributed by atoms with Crippen molar-refractivity contribution < 1.29 is 33.5 Å². The molecule has 0 aromatic heterocycles. The van der Waals surface area contributed by atoms with Crippen LogP contribution in [-0.2, 0) is 14.2 Å². The van der Waals surface area contributed by atoms with Gasteiger partial charge in [-0.05, 0) is 25.5 Å². The molecule has 1 rings (SSSR count). The Hall–Kier alpha value is -2.84. The lowest BCUT2D eigenvalue weighted by Crippen LogP contribution is -2.24. The molecule has 0 heterocycles. The van der Waals surface area contributed by atoms with Crippen LogP contribution in [0.5, 0.6) is 5.75 Å². The van der Waals surface area contributed by atoms with E-state index >= 15 is 0 Å². The zero-order valence-electron chi connectivity index (χ0n) is 16.4. The number of ether oxygens (including phenoxy) is 4. The number of hydrogen-bond acceptors (Lipinski definition) is 8. The molecule has 28 heavy (non-hydrogen) atoms. The van der Waals surface area contributed by atoms with Crippen LogP contribution in [0.2, 0.25) is 0 Å². The molecule has 0 bridgehead atoms. The number of benzene rings is 1. The van der Waals surface area contributed by atoms with E-state index < -0.39 is 24.5 Å². The van der Waals surface area contributed by atoms with Crippen LogP contribution in [0.15, 0.2) is 30.3 Å². The maximum atomic E-state index is 11.7. The first kappa shape index (κ1) is 23.2. The predicted octanol–water partition coefficient (Wildman–Crippen LogP) is 4.22. The molecule has 0 spiro atoms. The Morgan fingerprint density at radius 2 is 1.64 bits per heavy atom. The molecule has 0 N–H and O–H groups in total. The molecule has 0 radical (unpaired) electrons. The lowest BCUT2D eigenvalue weighted by atomic mass is 10.1. The van der Waals surface area contributed by atoms with Gasteiger partial charge < -0.3 is 18.9 Å². The Labute approximate surface area is 164 Å². The Bertz CT molecular complexity index is 622. The van der Waals surface area contributed by atoms with Crippen molar-refractivity contribution in [3.8, 4) is 5.75 Å². The molecule has 3 atom stereocenters. The maximum absolute atomic E-state index is 11.7. The van der Waals surface area contributed by atoms with Gasteiger partial charge in [0.15, 0.2) is 0 Å². The Morgan fingerprint density at radius 3 is 2.21 bits per heavy atom. The van der Waals surface area contributed by atoms with Crippen molar-refractivity contribution in [3.63, 3.8) is 0 Å². The third-order valence-corrected chi connectivity index (χ3v) is 3.89. The van der Waals surface area contributed by atoms with Crippen LogP contribution >= 0.6 is 0 Å². The number of carbonyl (C=O) groups is 2. The first-order valence-electron chi connectivity index (χ1n) is 9.18. The van der Waals surface area contributed by atoms with Gasteiger partial charge >= 0.3 is 12.3 Å². The smallest absolute Gasteiger partial charge is 0.434 e. The van der Waals surface area contributed by atoms with E-state index in [2.05, 4.69) is 0 Å². The Morgan fingerprint density at radius 1 is 1.04 bits per heavy atom. The monoisotopic (exact) mass is 397 g/mol. The summed E-state index contributed by atoms with van der Waals surface area (Å²) in [7, 11) is 0. The van der Waals surface area contributed by atoms with E-state index in [9.17, 15) is 19.7 Å². The number of carbonyl (C=O) groups excluding carboxylic acids is 2. The van der Waals surface area contributed by atoms with E-state index in [0.29, 0.717) is 25.0 Å². The van der Waals surface area contributed by atoms with Crippen molar-refractivity contribution >= 4 is 12.3 Å². The molecule has 9 nitrogen and oxygen atoms in total. The number of hydrogen-bond donors (Lipinski definition) is 0. The van der Waals surface area contributed by atoms with Crippen LogP contribution in [0, 0.1) is 16.0 Å². The molecule has 0 saturated heterocycles. The zero-order chi connectivity index (χ0) is 20.9. The number of para-hydroxylation sites is 1. The molecule has 3 unspecified atom stereocenters. The van der Waals surface area contributed by atoms with Gasteiger partial charge in [0.1, 0.15) is 25.1 Å². The van der Waals surface area contributed by atoms with E-state index in [0.717, 1.165) is 0 Å². The van der Waals surface area contributed by atoms with Crippen molar-refractivity contribution in [2.75, 3.05) is 13.2 Å². The van der Waals surface area contributed by atoms with E-state index in [1.165, 1.54) is 0 Å². The lowest BCUT2D eigenvalue weighted by Gasteiger charge is -2.16. The maximum Gasteiger partial charge on any atom is 0.513 e. The van der Waals surface area contributed by atoms with Crippen molar-refractivity contribution in [1.82, 2.24) is 0 Å². The summed E-state index contributed by atoms with van der Waals surface area (Å²) < 4.78 is 20.0. The highest BCUT2D eigenvalue weighted by molar-refractivity contribution is 5.63. The predicted molar refractivity (Wildman–Crippen MR) is 99.8 cm³/mol. The average Bonchev–Trinajstić information content (AvgIpc) is 2.65. The molecule has 0 amide bonds. The number of nitrogens with zero attached hydrogens (tertiary/aromatic N) is 1. The molecule has 0 fully saturated rings. The fraction of sp³-hybridized carbons (Fsp3) is 0.579. The number of nitro groups is 1. The molecule has 0 aliphatic carbocycles. The summed E-state index contributed by atoms with van der Waals surface area (Å²) in [6.07, 6.45) is -1.07. The van der Waals surface area contributed by atoms with Crippen LogP contribution in [0.4, 0.5) is 9.59 Å². The first-order valence-corrected chi connectivity index (χ1v) is 9.18. The molecule has 0 saturated carbocycles. The van der Waals surface area contributed by atoms with Gasteiger partial charge in [-0.3, -0.25) is 10.1 Å². The largest absolute Gasteiger partial charge is 0.513 e. The summed E-state index contributed by atoms with van der Waals surface area (Å²) in [4.78, 5) is 33.7. The van der Waals surface area contributed by atoms with Gasteiger partial charge in [-0.2, -0.15) is 0 Å². The molecule has 1 aromatic rings. The van der Waals surface area contributed by atoms with Crippen molar-refractivity contribution in [1.29, 1.82) is 0 Å². The third kappa shape index (κ3) is 9.75. The topological polar surface area (TPSA) is 114 Å². The van der Waals surface area contributed by atoms with E-state index in [-0.39, 0.29) is 24.1 Å². The molecular weight excluding hydrogens is 370 g/mol. The van der Waals surface area contributed by atoms with Gasteiger partial charge in [-0.25, -0.2) is 9.59 Å². The molecule has 0 aliphatic rings. The van der Waals surface area contributed by atoms with Crippen molar-refractivity contribution in [3.05, 3.63) is 40.4 Å². The summed E-state index contributed by atoms with van der Waals surface area (Å²) in [5, 5.41) is 10.8. The SMILES string of the molecule is CCC(CCC(C)OC(=O)OCC(C)COC(=O)Oc1ccccc1)[N+](=O)[O-]. The second-order valence-corrected chi connectivity index (χ2v) is 6.50. The van der Waals surface area contributed by atoms with Crippen LogP contribution in [-0.4, -0.2) is 42.6 Å². The first-order chi connectivity index (χ1) is 13.3. The summed E-state index contributed by atoms with van der Waals surface area (Å²) in [6.45, 7) is 5.13. The van der Waals surface area contributed by atoms with Crippen molar-refractivity contribution in [2.45, 2.75) is 52.2 Å². The van der Waals surface area contributed by atoms with E-state index in [4.69, 9.17) is 18.9 Å². The number of rotatable bonds is 11. The standard InChI is InChI=1S/C19H27NO8/c1-4-16(20(23)24)11-10-15(3)27-18(21)25-12-14(2)13-26-19(22)28-17-8-6-5-7-9-17/h5-9,14-16H,4,10-13H2,1-3H3. The van der Waals surface area contributed by atoms with Crippen LogP contribution in [0.3, 0.4) is 0 Å². The molecule has 156 valence electrons.